The molecule has 4 nitrogen and oxygen atoms in total. The van der Waals surface area contributed by atoms with Crippen LogP contribution in [0.15, 0.2) is 6.20 Å². The van der Waals surface area contributed by atoms with Crippen molar-refractivity contribution in [1.29, 1.82) is 0 Å². The Labute approximate surface area is 125 Å². The van der Waals surface area contributed by atoms with E-state index in [1.54, 1.807) is 11.3 Å². The number of ether oxygens (including phenoxy) is 1. The summed E-state index contributed by atoms with van der Waals surface area (Å²) in [4.78, 5) is 5.42. The lowest BCUT2D eigenvalue weighted by Crippen LogP contribution is -2.34. The Morgan fingerprint density at radius 1 is 1.50 bits per heavy atom. The van der Waals surface area contributed by atoms with Gasteiger partial charge in [0.1, 0.15) is 0 Å². The maximum absolute atomic E-state index is 9.95. The van der Waals surface area contributed by atoms with Crippen LogP contribution in [0.3, 0.4) is 0 Å². The molecule has 0 spiro atoms. The number of aliphatic hydroxyl groups is 1. The second kappa shape index (κ2) is 8.08. The van der Waals surface area contributed by atoms with E-state index in [2.05, 4.69) is 17.2 Å². The van der Waals surface area contributed by atoms with Crippen molar-refractivity contribution in [3.8, 4) is 0 Å². The zero-order chi connectivity index (χ0) is 14.4. The highest BCUT2D eigenvalue weighted by atomic mass is 32.1. The highest BCUT2D eigenvalue weighted by Gasteiger charge is 2.22. The summed E-state index contributed by atoms with van der Waals surface area (Å²) < 4.78 is 5.86. The lowest BCUT2D eigenvalue weighted by atomic mass is 9.88. The molecule has 1 heterocycles. The number of rotatable bonds is 7. The van der Waals surface area contributed by atoms with Gasteiger partial charge < -0.3 is 15.2 Å². The van der Waals surface area contributed by atoms with E-state index in [1.807, 2.05) is 13.1 Å². The molecule has 1 aromatic heterocycles. The topological polar surface area (TPSA) is 54.4 Å². The first-order valence-electron chi connectivity index (χ1n) is 7.57. The maximum Gasteiger partial charge on any atom is 0.0897 e. The minimum atomic E-state index is -0.432. The first-order valence-corrected chi connectivity index (χ1v) is 8.38. The van der Waals surface area contributed by atoms with E-state index in [4.69, 9.17) is 4.74 Å². The van der Waals surface area contributed by atoms with Crippen LogP contribution in [0.2, 0.25) is 0 Å². The third kappa shape index (κ3) is 5.13. The van der Waals surface area contributed by atoms with Gasteiger partial charge in [-0.25, -0.2) is 4.98 Å². The molecule has 1 aliphatic rings. The van der Waals surface area contributed by atoms with Crippen LogP contribution in [0.5, 0.6) is 0 Å². The fraction of sp³-hybridized carbons (Fsp3) is 0.800. The third-order valence-corrected chi connectivity index (χ3v) is 4.80. The second-order valence-corrected chi connectivity index (χ2v) is 7.08. The number of aromatic nitrogens is 1. The minimum absolute atomic E-state index is 0.336. The van der Waals surface area contributed by atoms with Gasteiger partial charge in [-0.3, -0.25) is 0 Å². The third-order valence-electron chi connectivity index (χ3n) is 3.88. The van der Waals surface area contributed by atoms with Gasteiger partial charge in [0.05, 0.1) is 23.8 Å². The number of hydrogen-bond donors (Lipinski definition) is 2. The molecule has 1 aromatic rings. The van der Waals surface area contributed by atoms with Crippen molar-refractivity contribution >= 4 is 11.3 Å². The molecule has 2 rings (SSSR count). The molecule has 2 N–H and O–H groups in total. The summed E-state index contributed by atoms with van der Waals surface area (Å²) >= 11 is 1.69. The molecule has 0 amide bonds. The van der Waals surface area contributed by atoms with Crippen molar-refractivity contribution in [3.63, 3.8) is 0 Å². The van der Waals surface area contributed by atoms with E-state index >= 15 is 0 Å². The van der Waals surface area contributed by atoms with Crippen LogP contribution in [0, 0.1) is 12.8 Å². The van der Waals surface area contributed by atoms with Crippen LogP contribution in [0.1, 0.15) is 42.5 Å². The van der Waals surface area contributed by atoms with Crippen molar-refractivity contribution in [2.24, 2.45) is 5.92 Å². The highest BCUT2D eigenvalue weighted by molar-refractivity contribution is 7.11. The normalized spacial score (nSPS) is 24.8. The smallest absolute Gasteiger partial charge is 0.0897 e. The molecule has 0 aliphatic heterocycles. The Bertz CT molecular complexity index is 397. The molecule has 0 radical (unpaired) electrons. The van der Waals surface area contributed by atoms with Gasteiger partial charge in [-0.15, -0.1) is 11.3 Å². The standard InChI is InChI=1S/C15H26N2O2S/c1-11-5-3-4-6-15(11)19-10-13(18)7-16-8-14-9-17-12(2)20-14/h9,11,13,15-16,18H,3-8,10H2,1-2H3. The monoisotopic (exact) mass is 298 g/mol. The van der Waals surface area contributed by atoms with Crippen LogP contribution in [-0.4, -0.2) is 35.5 Å². The molecule has 114 valence electrons. The molecule has 1 aliphatic carbocycles. The number of nitrogens with one attached hydrogen (secondary N) is 1. The maximum atomic E-state index is 9.95. The van der Waals surface area contributed by atoms with Crippen LogP contribution in [0.4, 0.5) is 0 Å². The van der Waals surface area contributed by atoms with Gasteiger partial charge in [0.25, 0.3) is 0 Å². The lowest BCUT2D eigenvalue weighted by molar-refractivity contribution is -0.0451. The molecule has 0 bridgehead atoms. The molecular formula is C15H26N2O2S. The predicted octanol–water partition coefficient (Wildman–Crippen LogP) is 2.50. The van der Waals surface area contributed by atoms with Crippen molar-refractivity contribution in [3.05, 3.63) is 16.1 Å². The Kier molecular flexibility index (Phi) is 6.42. The van der Waals surface area contributed by atoms with Crippen LogP contribution in [-0.2, 0) is 11.3 Å². The predicted molar refractivity (Wildman–Crippen MR) is 81.9 cm³/mol. The Balaban J connectivity index is 1.59. The number of aryl methyl sites for hydroxylation is 1. The van der Waals surface area contributed by atoms with Gasteiger partial charge >= 0.3 is 0 Å². The van der Waals surface area contributed by atoms with Gasteiger partial charge in [0.2, 0.25) is 0 Å². The van der Waals surface area contributed by atoms with E-state index in [0.29, 0.717) is 25.2 Å². The van der Waals surface area contributed by atoms with Crippen LogP contribution >= 0.6 is 11.3 Å². The average molecular weight is 298 g/mol. The zero-order valence-electron chi connectivity index (χ0n) is 12.5. The molecule has 1 saturated carbocycles. The summed E-state index contributed by atoms with van der Waals surface area (Å²) in [6.07, 6.45) is 6.76. The van der Waals surface area contributed by atoms with Crippen LogP contribution in [0.25, 0.3) is 0 Å². The van der Waals surface area contributed by atoms with Crippen LogP contribution < -0.4 is 5.32 Å². The molecular weight excluding hydrogens is 272 g/mol. The van der Waals surface area contributed by atoms with Gasteiger partial charge in [0.15, 0.2) is 0 Å². The van der Waals surface area contributed by atoms with Gasteiger partial charge in [-0.1, -0.05) is 19.8 Å². The first kappa shape index (κ1) is 15.9. The van der Waals surface area contributed by atoms with Gasteiger partial charge in [0, 0.05) is 24.2 Å². The molecule has 1 fully saturated rings. The van der Waals surface area contributed by atoms with E-state index in [1.165, 1.54) is 24.1 Å². The lowest BCUT2D eigenvalue weighted by Gasteiger charge is -2.29. The Morgan fingerprint density at radius 2 is 2.30 bits per heavy atom. The molecule has 5 heteroatoms. The van der Waals surface area contributed by atoms with Crippen molar-refractivity contribution in [2.75, 3.05) is 13.2 Å². The number of thiazole rings is 1. The minimum Gasteiger partial charge on any atom is -0.389 e. The van der Waals surface area contributed by atoms with Gasteiger partial charge in [-0.2, -0.15) is 0 Å². The SMILES string of the molecule is Cc1ncc(CNCC(O)COC2CCCCC2C)s1. The summed E-state index contributed by atoms with van der Waals surface area (Å²) in [5, 5.41) is 14.3. The van der Waals surface area contributed by atoms with Crippen molar-refractivity contribution < 1.29 is 9.84 Å². The molecule has 20 heavy (non-hydrogen) atoms. The van der Waals surface area contributed by atoms with Crippen molar-refractivity contribution in [1.82, 2.24) is 10.3 Å². The summed E-state index contributed by atoms with van der Waals surface area (Å²) in [6, 6.07) is 0. The Hall–Kier alpha value is -0.490. The molecule has 0 aromatic carbocycles. The van der Waals surface area contributed by atoms with Gasteiger partial charge in [-0.05, 0) is 25.7 Å². The summed E-state index contributed by atoms with van der Waals surface area (Å²) in [5.41, 5.74) is 0. The van der Waals surface area contributed by atoms with E-state index in [-0.39, 0.29) is 0 Å². The summed E-state index contributed by atoms with van der Waals surface area (Å²) in [6.45, 7) is 6.02. The molecule has 3 atom stereocenters. The average Bonchev–Trinajstić information content (AvgIpc) is 2.83. The van der Waals surface area contributed by atoms with E-state index in [0.717, 1.165) is 18.0 Å². The van der Waals surface area contributed by atoms with Crippen molar-refractivity contribution in [2.45, 2.75) is 58.3 Å². The quantitative estimate of drug-likeness (QED) is 0.812. The summed E-state index contributed by atoms with van der Waals surface area (Å²) in [5.74, 6) is 0.629. The fourth-order valence-corrected chi connectivity index (χ4v) is 3.44. The fourth-order valence-electron chi connectivity index (χ4n) is 2.67. The number of hydrogen-bond acceptors (Lipinski definition) is 5. The van der Waals surface area contributed by atoms with E-state index in [9.17, 15) is 5.11 Å². The molecule has 3 unspecified atom stereocenters. The molecule has 0 saturated heterocycles. The largest absolute Gasteiger partial charge is 0.389 e. The summed E-state index contributed by atoms with van der Waals surface area (Å²) in [7, 11) is 0. The number of nitrogens with zero attached hydrogens (tertiary/aromatic N) is 1. The first-order chi connectivity index (χ1) is 9.65. The Morgan fingerprint density at radius 3 is 3.00 bits per heavy atom. The zero-order valence-corrected chi connectivity index (χ0v) is 13.3. The number of aliphatic hydroxyl groups excluding tert-OH is 1. The second-order valence-electron chi connectivity index (χ2n) is 5.76. The highest BCUT2D eigenvalue weighted by Crippen LogP contribution is 2.26. The van der Waals surface area contributed by atoms with E-state index < -0.39 is 6.10 Å².